The molecule has 2 amide bonds. The maximum atomic E-state index is 13.7. The van der Waals surface area contributed by atoms with Gasteiger partial charge in [0, 0.05) is 30.3 Å². The SMILES string of the molecule is CC(C)CC(NC(=O)C1(NC(=O)c2ccncc2)CCCCC1)C(=O)c1nnc(SCCN(C)C)o1.Cl.Cl. The van der Waals surface area contributed by atoms with Crippen molar-refractivity contribution in [3.63, 3.8) is 0 Å². The molecule has 13 heteroatoms. The monoisotopic (exact) mass is 588 g/mol. The van der Waals surface area contributed by atoms with Crippen molar-refractivity contribution in [2.24, 2.45) is 5.92 Å². The standard InChI is InChI=1S/C25H36N6O4S.2ClH/c1-17(2)16-19(20(32)22-29-30-24(35-22)36-15-14-31(3)4)27-23(34)25(10-6-5-7-11-25)28-21(33)18-8-12-26-13-9-18;;/h8-9,12-13,17,19H,5-7,10-11,14-16H2,1-4H3,(H,27,34)(H,28,33);2*1H. The molecule has 2 aromatic rings. The van der Waals surface area contributed by atoms with Crippen LogP contribution < -0.4 is 10.6 Å². The third kappa shape index (κ3) is 9.52. The molecule has 0 bridgehead atoms. The number of hydrogen-bond acceptors (Lipinski definition) is 9. The molecule has 38 heavy (non-hydrogen) atoms. The first kappa shape index (κ1) is 33.8. The summed E-state index contributed by atoms with van der Waals surface area (Å²) in [6, 6.07) is 2.38. The number of carbonyl (C=O) groups is 3. The molecular weight excluding hydrogens is 551 g/mol. The number of amides is 2. The van der Waals surface area contributed by atoms with Gasteiger partial charge in [0.15, 0.2) is 0 Å². The Hall–Kier alpha value is -2.21. The molecule has 1 aliphatic carbocycles. The Bertz CT molecular complexity index is 1030. The Morgan fingerprint density at radius 2 is 1.74 bits per heavy atom. The first-order valence-electron chi connectivity index (χ1n) is 12.4. The molecule has 0 saturated heterocycles. The number of ketones is 1. The predicted octanol–water partition coefficient (Wildman–Crippen LogP) is 3.81. The van der Waals surface area contributed by atoms with Crippen LogP contribution in [0.15, 0.2) is 34.2 Å². The second kappa shape index (κ2) is 16.0. The zero-order valence-corrected chi connectivity index (χ0v) is 24.7. The van der Waals surface area contributed by atoms with Crippen molar-refractivity contribution in [3.05, 3.63) is 36.0 Å². The summed E-state index contributed by atoms with van der Waals surface area (Å²) in [6.07, 6.45) is 7.11. The molecule has 212 valence electrons. The fourth-order valence-electron chi connectivity index (χ4n) is 4.19. The van der Waals surface area contributed by atoms with Crippen LogP contribution in [-0.4, -0.2) is 75.7 Å². The molecule has 0 aliphatic heterocycles. The van der Waals surface area contributed by atoms with Crippen molar-refractivity contribution >= 4 is 54.2 Å². The minimum absolute atomic E-state index is 0. The molecule has 2 heterocycles. The normalized spacial score (nSPS) is 15.2. The maximum absolute atomic E-state index is 13.7. The van der Waals surface area contributed by atoms with Gasteiger partial charge in [-0.05, 0) is 51.4 Å². The van der Waals surface area contributed by atoms with E-state index in [1.165, 1.54) is 24.2 Å². The molecular formula is C25H38Cl2N6O4S. The summed E-state index contributed by atoms with van der Waals surface area (Å²) >= 11 is 1.38. The van der Waals surface area contributed by atoms with Crippen molar-refractivity contribution in [2.75, 3.05) is 26.4 Å². The average Bonchev–Trinajstić information content (AvgIpc) is 3.32. The molecule has 2 aromatic heterocycles. The van der Waals surface area contributed by atoms with Gasteiger partial charge in [-0.1, -0.05) is 44.9 Å². The van der Waals surface area contributed by atoms with Crippen LogP contribution in [0.4, 0.5) is 0 Å². The molecule has 1 unspecified atom stereocenters. The van der Waals surface area contributed by atoms with E-state index in [0.717, 1.165) is 31.6 Å². The molecule has 1 aliphatic rings. The van der Waals surface area contributed by atoms with Gasteiger partial charge in [0.2, 0.25) is 11.7 Å². The Kier molecular flexibility index (Phi) is 14.3. The van der Waals surface area contributed by atoms with Gasteiger partial charge in [-0.2, -0.15) is 0 Å². The molecule has 2 N–H and O–H groups in total. The smallest absolute Gasteiger partial charge is 0.286 e. The first-order valence-corrected chi connectivity index (χ1v) is 13.4. The van der Waals surface area contributed by atoms with E-state index in [4.69, 9.17) is 4.42 Å². The quantitative estimate of drug-likeness (QED) is 0.280. The van der Waals surface area contributed by atoms with Gasteiger partial charge < -0.3 is 20.0 Å². The van der Waals surface area contributed by atoms with E-state index in [-0.39, 0.29) is 48.4 Å². The largest absolute Gasteiger partial charge is 0.408 e. The maximum Gasteiger partial charge on any atom is 0.286 e. The van der Waals surface area contributed by atoms with Crippen molar-refractivity contribution in [2.45, 2.75) is 69.2 Å². The summed E-state index contributed by atoms with van der Waals surface area (Å²) in [5, 5.41) is 14.1. The summed E-state index contributed by atoms with van der Waals surface area (Å²) < 4.78 is 5.61. The Balaban J connectivity index is 0.00000361. The molecule has 0 radical (unpaired) electrons. The number of pyridine rings is 1. The number of Topliss-reactive ketones (excluding diaryl/α,β-unsaturated/α-hetero) is 1. The summed E-state index contributed by atoms with van der Waals surface area (Å²) in [4.78, 5) is 45.9. The third-order valence-electron chi connectivity index (χ3n) is 6.15. The fraction of sp³-hybridized carbons (Fsp3) is 0.600. The lowest BCUT2D eigenvalue weighted by atomic mass is 9.80. The van der Waals surface area contributed by atoms with E-state index in [0.29, 0.717) is 30.0 Å². The van der Waals surface area contributed by atoms with E-state index in [2.05, 4.69) is 25.8 Å². The number of hydrogen-bond donors (Lipinski definition) is 2. The summed E-state index contributed by atoms with van der Waals surface area (Å²) in [6.45, 7) is 4.78. The first-order chi connectivity index (χ1) is 17.2. The molecule has 0 aromatic carbocycles. The lowest BCUT2D eigenvalue weighted by molar-refractivity contribution is -0.129. The summed E-state index contributed by atoms with van der Waals surface area (Å²) in [5.41, 5.74) is -0.654. The number of carbonyl (C=O) groups excluding carboxylic acids is 3. The number of nitrogens with zero attached hydrogens (tertiary/aromatic N) is 4. The number of nitrogens with one attached hydrogen (secondary N) is 2. The summed E-state index contributed by atoms with van der Waals surface area (Å²) in [5.74, 6) is -0.359. The highest BCUT2D eigenvalue weighted by atomic mass is 35.5. The zero-order valence-electron chi connectivity index (χ0n) is 22.3. The molecule has 0 spiro atoms. The highest BCUT2D eigenvalue weighted by molar-refractivity contribution is 7.99. The van der Waals surface area contributed by atoms with Crippen LogP contribution in [0.5, 0.6) is 0 Å². The van der Waals surface area contributed by atoms with E-state index >= 15 is 0 Å². The third-order valence-corrected chi connectivity index (χ3v) is 6.95. The van der Waals surface area contributed by atoms with E-state index in [1.54, 1.807) is 12.1 Å². The lowest BCUT2D eigenvalue weighted by Gasteiger charge is -2.37. The van der Waals surface area contributed by atoms with Crippen LogP contribution in [0, 0.1) is 5.92 Å². The van der Waals surface area contributed by atoms with Crippen LogP contribution in [0.3, 0.4) is 0 Å². The van der Waals surface area contributed by atoms with Gasteiger partial charge in [0.1, 0.15) is 5.54 Å². The van der Waals surface area contributed by atoms with Crippen LogP contribution in [0.25, 0.3) is 0 Å². The number of thioether (sulfide) groups is 1. The van der Waals surface area contributed by atoms with E-state index in [1.807, 2.05) is 32.8 Å². The van der Waals surface area contributed by atoms with Gasteiger partial charge in [-0.25, -0.2) is 0 Å². The summed E-state index contributed by atoms with van der Waals surface area (Å²) in [7, 11) is 3.95. The highest BCUT2D eigenvalue weighted by Gasteiger charge is 2.43. The minimum atomic E-state index is -1.09. The van der Waals surface area contributed by atoms with Crippen LogP contribution in [0.2, 0.25) is 0 Å². The van der Waals surface area contributed by atoms with E-state index < -0.39 is 17.4 Å². The molecule has 3 rings (SSSR count). The van der Waals surface area contributed by atoms with Crippen molar-refractivity contribution < 1.29 is 18.8 Å². The fourth-order valence-corrected chi connectivity index (χ4v) is 5.06. The predicted molar refractivity (Wildman–Crippen MR) is 151 cm³/mol. The Labute approximate surface area is 240 Å². The Morgan fingerprint density at radius 3 is 2.34 bits per heavy atom. The van der Waals surface area contributed by atoms with Crippen molar-refractivity contribution in [3.8, 4) is 0 Å². The van der Waals surface area contributed by atoms with Crippen LogP contribution >= 0.6 is 36.6 Å². The molecule has 1 saturated carbocycles. The van der Waals surface area contributed by atoms with Gasteiger partial charge in [-0.3, -0.25) is 19.4 Å². The second-order valence-corrected chi connectivity index (χ2v) is 10.9. The van der Waals surface area contributed by atoms with Crippen LogP contribution in [-0.2, 0) is 4.79 Å². The molecule has 10 nitrogen and oxygen atoms in total. The van der Waals surface area contributed by atoms with Gasteiger partial charge in [0.05, 0.1) is 6.04 Å². The van der Waals surface area contributed by atoms with Crippen LogP contribution in [0.1, 0.15) is 73.4 Å². The molecule has 1 atom stereocenters. The number of halogens is 2. The highest BCUT2D eigenvalue weighted by Crippen LogP contribution is 2.29. The van der Waals surface area contributed by atoms with Crippen molar-refractivity contribution in [1.29, 1.82) is 0 Å². The zero-order chi connectivity index (χ0) is 26.1. The average molecular weight is 590 g/mol. The Morgan fingerprint density at radius 1 is 1.08 bits per heavy atom. The number of rotatable bonds is 12. The van der Waals surface area contributed by atoms with Gasteiger partial charge in [-0.15, -0.1) is 35.0 Å². The minimum Gasteiger partial charge on any atom is -0.408 e. The number of aromatic nitrogens is 3. The lowest BCUT2D eigenvalue weighted by Crippen LogP contribution is -2.62. The van der Waals surface area contributed by atoms with Gasteiger partial charge in [0.25, 0.3) is 17.0 Å². The van der Waals surface area contributed by atoms with Crippen molar-refractivity contribution in [1.82, 2.24) is 30.7 Å². The van der Waals surface area contributed by atoms with E-state index in [9.17, 15) is 14.4 Å². The topological polar surface area (TPSA) is 130 Å². The van der Waals surface area contributed by atoms with Gasteiger partial charge >= 0.3 is 0 Å². The second-order valence-electron chi connectivity index (χ2n) is 9.88. The molecule has 1 fully saturated rings.